The van der Waals surface area contributed by atoms with E-state index in [1.807, 2.05) is 30.3 Å². The monoisotopic (exact) mass is 354 g/mol. The number of amides is 2. The van der Waals surface area contributed by atoms with Gasteiger partial charge in [0, 0.05) is 13.5 Å². The minimum absolute atomic E-state index is 0.0448. The maximum Gasteiger partial charge on any atom is 0.222 e. The van der Waals surface area contributed by atoms with Crippen molar-refractivity contribution in [2.75, 3.05) is 6.54 Å². The molecule has 0 aromatic heterocycles. The molecule has 0 saturated heterocycles. The van der Waals surface area contributed by atoms with Gasteiger partial charge >= 0.3 is 0 Å². The normalized spacial score (nSPS) is 32.9. The predicted octanol–water partition coefficient (Wildman–Crippen LogP) is 3.59. The Bertz CT molecular complexity index is 635. The maximum absolute atomic E-state index is 12.6. The lowest BCUT2D eigenvalue weighted by Crippen LogP contribution is -2.51. The van der Waals surface area contributed by atoms with Crippen LogP contribution in [-0.4, -0.2) is 18.4 Å². The highest BCUT2D eigenvalue weighted by Crippen LogP contribution is 2.59. The fourth-order valence-electron chi connectivity index (χ4n) is 6.23. The summed E-state index contributed by atoms with van der Waals surface area (Å²) in [5.41, 5.74) is 1.33. The summed E-state index contributed by atoms with van der Waals surface area (Å²) < 4.78 is 0. The molecule has 4 aliphatic rings. The molecule has 4 heteroatoms. The van der Waals surface area contributed by atoms with Crippen LogP contribution >= 0.6 is 0 Å². The van der Waals surface area contributed by atoms with Crippen molar-refractivity contribution in [3.63, 3.8) is 0 Å². The second kappa shape index (κ2) is 7.05. The Morgan fingerprint density at radius 1 is 1.04 bits per heavy atom. The Morgan fingerprint density at radius 2 is 1.62 bits per heavy atom. The molecule has 0 spiro atoms. The minimum Gasteiger partial charge on any atom is -0.355 e. The molecule has 4 fully saturated rings. The fraction of sp³-hybridized carbons (Fsp3) is 0.636. The number of benzene rings is 1. The first-order valence-corrected chi connectivity index (χ1v) is 10.1. The summed E-state index contributed by atoms with van der Waals surface area (Å²) in [6, 6.07) is 9.50. The molecule has 140 valence electrons. The van der Waals surface area contributed by atoms with Crippen LogP contribution in [0.15, 0.2) is 30.3 Å². The predicted molar refractivity (Wildman–Crippen MR) is 101 cm³/mol. The molecule has 4 saturated carbocycles. The highest BCUT2D eigenvalue weighted by molar-refractivity contribution is 5.79. The topological polar surface area (TPSA) is 58.2 Å². The summed E-state index contributed by atoms with van der Waals surface area (Å²) in [4.78, 5) is 24.2. The number of nitrogens with one attached hydrogen (secondary N) is 2. The third-order valence-corrected chi connectivity index (χ3v) is 6.79. The molecule has 0 aliphatic heterocycles. The molecule has 1 unspecified atom stereocenters. The van der Waals surface area contributed by atoms with Crippen LogP contribution in [0.4, 0.5) is 0 Å². The van der Waals surface area contributed by atoms with E-state index in [1.54, 1.807) is 0 Å². The molecule has 2 N–H and O–H groups in total. The zero-order valence-electron chi connectivity index (χ0n) is 15.7. The summed E-state index contributed by atoms with van der Waals surface area (Å²) >= 11 is 0. The summed E-state index contributed by atoms with van der Waals surface area (Å²) in [5.74, 6) is 2.63. The minimum atomic E-state index is -0.259. The standard InChI is InChI=1S/C22H30N2O2/c1-15(25)24-20(19-5-3-2-4-6-19)10-21(26)23-14-22-11-16-7-17(12-22)9-18(8-16)13-22/h2-6,16-18,20H,7-14H2,1H3,(H,23,26)(H,24,25). The average molecular weight is 354 g/mol. The van der Waals surface area contributed by atoms with Gasteiger partial charge in [-0.1, -0.05) is 30.3 Å². The highest BCUT2D eigenvalue weighted by atomic mass is 16.2. The van der Waals surface area contributed by atoms with E-state index < -0.39 is 0 Å². The molecule has 1 atom stereocenters. The lowest BCUT2D eigenvalue weighted by atomic mass is 9.49. The van der Waals surface area contributed by atoms with Crippen LogP contribution in [0, 0.1) is 23.2 Å². The van der Waals surface area contributed by atoms with Gasteiger partial charge in [-0.3, -0.25) is 9.59 Å². The number of hydrogen-bond donors (Lipinski definition) is 2. The van der Waals surface area contributed by atoms with E-state index in [2.05, 4.69) is 10.6 Å². The Balaban J connectivity index is 1.36. The molecule has 0 heterocycles. The zero-order chi connectivity index (χ0) is 18.1. The quantitative estimate of drug-likeness (QED) is 0.820. The first-order chi connectivity index (χ1) is 12.5. The Hall–Kier alpha value is -1.84. The molecule has 4 aliphatic carbocycles. The van der Waals surface area contributed by atoms with Crippen molar-refractivity contribution in [2.45, 2.75) is 57.9 Å². The summed E-state index contributed by atoms with van der Waals surface area (Å²) in [7, 11) is 0. The van der Waals surface area contributed by atoms with E-state index in [0.717, 1.165) is 29.9 Å². The second-order valence-electron chi connectivity index (χ2n) is 9.06. The Kier molecular flexibility index (Phi) is 4.76. The van der Waals surface area contributed by atoms with E-state index >= 15 is 0 Å². The molecular weight excluding hydrogens is 324 g/mol. The first-order valence-electron chi connectivity index (χ1n) is 10.1. The van der Waals surface area contributed by atoms with Crippen LogP contribution in [0.1, 0.15) is 63.5 Å². The summed E-state index contributed by atoms with van der Waals surface area (Å²) in [6.45, 7) is 2.32. The van der Waals surface area contributed by atoms with Gasteiger partial charge < -0.3 is 10.6 Å². The van der Waals surface area contributed by atoms with Crippen molar-refractivity contribution in [3.05, 3.63) is 35.9 Å². The lowest BCUT2D eigenvalue weighted by molar-refractivity contribution is -0.124. The van der Waals surface area contributed by atoms with E-state index in [9.17, 15) is 9.59 Å². The van der Waals surface area contributed by atoms with Crippen molar-refractivity contribution >= 4 is 11.8 Å². The van der Waals surface area contributed by atoms with Gasteiger partial charge in [-0.05, 0) is 67.3 Å². The smallest absolute Gasteiger partial charge is 0.222 e. The van der Waals surface area contributed by atoms with Crippen molar-refractivity contribution in [2.24, 2.45) is 23.2 Å². The molecule has 1 aromatic rings. The third-order valence-electron chi connectivity index (χ3n) is 6.79. The van der Waals surface area contributed by atoms with E-state index in [-0.39, 0.29) is 17.9 Å². The molecule has 1 aromatic carbocycles. The molecule has 0 radical (unpaired) electrons. The van der Waals surface area contributed by atoms with Gasteiger partial charge in [0.15, 0.2) is 0 Å². The number of carbonyl (C=O) groups excluding carboxylic acids is 2. The van der Waals surface area contributed by atoms with E-state index in [0.29, 0.717) is 11.8 Å². The van der Waals surface area contributed by atoms with Gasteiger partial charge in [0.05, 0.1) is 12.5 Å². The Labute approximate surface area is 156 Å². The van der Waals surface area contributed by atoms with Crippen molar-refractivity contribution in [1.82, 2.24) is 10.6 Å². The molecule has 26 heavy (non-hydrogen) atoms. The van der Waals surface area contributed by atoms with Gasteiger partial charge in [0.1, 0.15) is 0 Å². The van der Waals surface area contributed by atoms with E-state index in [1.165, 1.54) is 45.4 Å². The van der Waals surface area contributed by atoms with Crippen LogP contribution in [0.2, 0.25) is 0 Å². The van der Waals surface area contributed by atoms with Crippen LogP contribution in [-0.2, 0) is 9.59 Å². The van der Waals surface area contributed by atoms with Crippen LogP contribution in [0.3, 0.4) is 0 Å². The van der Waals surface area contributed by atoms with Gasteiger partial charge in [0.25, 0.3) is 0 Å². The zero-order valence-corrected chi connectivity index (χ0v) is 15.7. The fourth-order valence-corrected chi connectivity index (χ4v) is 6.23. The molecule has 5 rings (SSSR count). The van der Waals surface area contributed by atoms with Gasteiger partial charge in [-0.15, -0.1) is 0 Å². The summed E-state index contributed by atoms with van der Waals surface area (Å²) in [5, 5.41) is 6.14. The number of hydrogen-bond acceptors (Lipinski definition) is 2. The SMILES string of the molecule is CC(=O)NC(CC(=O)NCC12CC3CC(CC(C3)C1)C2)c1ccccc1. The number of rotatable bonds is 6. The largest absolute Gasteiger partial charge is 0.355 e. The van der Waals surface area contributed by atoms with Gasteiger partial charge in [-0.25, -0.2) is 0 Å². The second-order valence-corrected chi connectivity index (χ2v) is 9.06. The summed E-state index contributed by atoms with van der Waals surface area (Å²) in [6.07, 6.45) is 8.46. The van der Waals surface area contributed by atoms with Crippen molar-refractivity contribution < 1.29 is 9.59 Å². The van der Waals surface area contributed by atoms with E-state index in [4.69, 9.17) is 0 Å². The molecule has 4 nitrogen and oxygen atoms in total. The third kappa shape index (κ3) is 3.79. The average Bonchev–Trinajstić information content (AvgIpc) is 2.59. The van der Waals surface area contributed by atoms with Crippen LogP contribution in [0.5, 0.6) is 0 Å². The number of carbonyl (C=O) groups is 2. The Morgan fingerprint density at radius 3 is 2.15 bits per heavy atom. The van der Waals surface area contributed by atoms with Gasteiger partial charge in [-0.2, -0.15) is 0 Å². The molecular formula is C22H30N2O2. The maximum atomic E-state index is 12.6. The van der Waals surface area contributed by atoms with Crippen molar-refractivity contribution in [3.8, 4) is 0 Å². The van der Waals surface area contributed by atoms with Gasteiger partial charge in [0.2, 0.25) is 11.8 Å². The molecule has 2 amide bonds. The highest BCUT2D eigenvalue weighted by Gasteiger charge is 2.50. The lowest BCUT2D eigenvalue weighted by Gasteiger charge is -2.56. The van der Waals surface area contributed by atoms with Crippen molar-refractivity contribution in [1.29, 1.82) is 0 Å². The first kappa shape index (κ1) is 17.6. The molecule has 4 bridgehead atoms. The van der Waals surface area contributed by atoms with Crippen LogP contribution in [0.25, 0.3) is 0 Å². The van der Waals surface area contributed by atoms with Crippen LogP contribution < -0.4 is 10.6 Å².